The molecule has 2 N–H and O–H groups in total. The monoisotopic (exact) mass is 530 g/mol. The zero-order valence-electron chi connectivity index (χ0n) is 22.6. The third kappa shape index (κ3) is 9.95. The van der Waals surface area contributed by atoms with Crippen LogP contribution in [0.2, 0.25) is 0 Å². The average Bonchev–Trinajstić information content (AvgIpc) is 2.89. The maximum Gasteiger partial charge on any atom is 0.223 e. The molecule has 2 aromatic rings. The fourth-order valence-electron chi connectivity index (χ4n) is 4.02. The second-order valence-electron chi connectivity index (χ2n) is 9.37. The van der Waals surface area contributed by atoms with Gasteiger partial charge in [0.1, 0.15) is 11.6 Å². The van der Waals surface area contributed by atoms with Crippen LogP contribution >= 0.6 is 0 Å². The number of halogens is 1. The van der Waals surface area contributed by atoms with Crippen LogP contribution < -0.4 is 10.1 Å². The Hall–Kier alpha value is -3.17. The number of hydrogen-bond acceptors (Lipinski definition) is 6. The minimum atomic E-state index is -1.04. The van der Waals surface area contributed by atoms with Gasteiger partial charge in [0.15, 0.2) is 0 Å². The molecule has 3 atom stereocenters. The number of carbonyl (C=O) groups is 1. The van der Waals surface area contributed by atoms with E-state index in [0.29, 0.717) is 31.9 Å². The summed E-state index contributed by atoms with van der Waals surface area (Å²) in [5.74, 6) is -0.240. The molecule has 0 aliphatic carbocycles. The molecule has 0 saturated carbocycles. The van der Waals surface area contributed by atoms with E-state index in [1.54, 1.807) is 19.2 Å². The second-order valence-corrected chi connectivity index (χ2v) is 9.37. The summed E-state index contributed by atoms with van der Waals surface area (Å²) in [7, 11) is 1.63. The van der Waals surface area contributed by atoms with Crippen LogP contribution in [0.5, 0.6) is 5.75 Å². The van der Waals surface area contributed by atoms with E-state index in [9.17, 15) is 14.3 Å². The van der Waals surface area contributed by atoms with E-state index in [2.05, 4.69) is 15.3 Å². The first-order valence-corrected chi connectivity index (χ1v) is 12.9. The molecule has 208 valence electrons. The highest BCUT2D eigenvalue weighted by atomic mass is 19.1. The number of ether oxygens (including phenoxy) is 3. The molecular weight excluding hydrogens is 491 g/mol. The van der Waals surface area contributed by atoms with Gasteiger partial charge in [0.25, 0.3) is 0 Å². The van der Waals surface area contributed by atoms with Crippen LogP contribution in [0, 0.1) is 17.7 Å². The van der Waals surface area contributed by atoms with Crippen molar-refractivity contribution >= 4 is 5.91 Å². The Morgan fingerprint density at radius 1 is 1.18 bits per heavy atom. The highest BCUT2D eigenvalue weighted by Crippen LogP contribution is 2.32. The standard InChI is InChI=1S/C28H39FN4O5/c1-5-31-28(35)24(19(2)3)16-26(34)25(32-33-30)18-37-17-20-7-12-23(21-8-10-22(29)11-9-21)27(15-20)38-14-6-13-36-4/h7-12,15,19,24-26,34H,5-6,13-14,16-18H2,1-4H3,(H,31,35)/t24-,25-,26-/m0/s1. The third-order valence-corrected chi connectivity index (χ3v) is 6.14. The molecule has 0 unspecified atom stereocenters. The average molecular weight is 531 g/mol. The lowest BCUT2D eigenvalue weighted by Crippen LogP contribution is -2.39. The van der Waals surface area contributed by atoms with E-state index >= 15 is 0 Å². The Morgan fingerprint density at radius 3 is 2.55 bits per heavy atom. The lowest BCUT2D eigenvalue weighted by atomic mass is 9.87. The number of aliphatic hydroxyl groups is 1. The summed E-state index contributed by atoms with van der Waals surface area (Å²) in [5.41, 5.74) is 11.5. The maximum absolute atomic E-state index is 13.4. The summed E-state index contributed by atoms with van der Waals surface area (Å²) in [4.78, 5) is 15.3. The van der Waals surface area contributed by atoms with E-state index in [1.807, 2.05) is 39.0 Å². The topological polar surface area (TPSA) is 126 Å². The lowest BCUT2D eigenvalue weighted by Gasteiger charge is -2.25. The van der Waals surface area contributed by atoms with Gasteiger partial charge in [-0.15, -0.1) is 0 Å². The van der Waals surface area contributed by atoms with E-state index < -0.39 is 18.1 Å². The molecule has 10 heteroatoms. The Labute approximate surface area is 223 Å². The van der Waals surface area contributed by atoms with Gasteiger partial charge in [0.05, 0.1) is 32.0 Å². The number of rotatable bonds is 17. The largest absolute Gasteiger partial charge is 0.493 e. The molecule has 9 nitrogen and oxygen atoms in total. The quantitative estimate of drug-likeness (QED) is 0.125. The van der Waals surface area contributed by atoms with Crippen molar-refractivity contribution in [2.75, 3.05) is 33.5 Å². The van der Waals surface area contributed by atoms with Crippen LogP contribution in [0.3, 0.4) is 0 Å². The Morgan fingerprint density at radius 2 is 1.92 bits per heavy atom. The van der Waals surface area contributed by atoms with Gasteiger partial charge < -0.3 is 24.6 Å². The normalized spacial score (nSPS) is 13.4. The Bertz CT molecular complexity index is 1040. The van der Waals surface area contributed by atoms with Crippen LogP contribution in [-0.2, 0) is 20.9 Å². The van der Waals surface area contributed by atoms with Crippen LogP contribution in [0.1, 0.15) is 39.2 Å². The summed E-state index contributed by atoms with van der Waals surface area (Å²) < 4.78 is 30.3. The highest BCUT2D eigenvalue weighted by molar-refractivity contribution is 5.78. The van der Waals surface area contributed by atoms with Crippen LogP contribution in [0.25, 0.3) is 21.6 Å². The summed E-state index contributed by atoms with van der Waals surface area (Å²) in [6, 6.07) is 11.0. The van der Waals surface area contributed by atoms with Crippen LogP contribution in [-0.4, -0.2) is 56.6 Å². The van der Waals surface area contributed by atoms with Crippen molar-refractivity contribution in [1.29, 1.82) is 0 Å². The first-order chi connectivity index (χ1) is 18.3. The van der Waals surface area contributed by atoms with Crippen LogP contribution in [0.4, 0.5) is 4.39 Å². The number of hydrogen-bond donors (Lipinski definition) is 2. The lowest BCUT2D eigenvalue weighted by molar-refractivity contribution is -0.127. The van der Waals surface area contributed by atoms with Gasteiger partial charge in [0, 0.05) is 43.1 Å². The predicted molar refractivity (Wildman–Crippen MR) is 144 cm³/mol. The van der Waals surface area contributed by atoms with Gasteiger partial charge in [-0.3, -0.25) is 4.79 Å². The van der Waals surface area contributed by atoms with Gasteiger partial charge in [-0.2, -0.15) is 0 Å². The molecule has 0 aromatic heterocycles. The molecule has 1 amide bonds. The van der Waals surface area contributed by atoms with Gasteiger partial charge in [-0.05, 0) is 54.1 Å². The minimum Gasteiger partial charge on any atom is -0.493 e. The zero-order valence-corrected chi connectivity index (χ0v) is 22.6. The van der Waals surface area contributed by atoms with Crippen molar-refractivity contribution in [3.63, 3.8) is 0 Å². The molecule has 0 bridgehead atoms. The fourth-order valence-corrected chi connectivity index (χ4v) is 4.02. The summed E-state index contributed by atoms with van der Waals surface area (Å²) in [6.45, 7) is 7.34. The fraction of sp³-hybridized carbons (Fsp3) is 0.536. The highest BCUT2D eigenvalue weighted by Gasteiger charge is 2.28. The SMILES string of the molecule is CCNC(=O)[C@@H](C[C@H](O)[C@H](COCc1ccc(-c2ccc(F)cc2)c(OCCCOC)c1)N=[N+]=[N-])C(C)C. The first kappa shape index (κ1) is 31.1. The molecule has 0 aliphatic heterocycles. The molecule has 0 aliphatic rings. The van der Waals surface area contributed by atoms with Crippen molar-refractivity contribution < 1.29 is 28.5 Å². The van der Waals surface area contributed by atoms with Crippen molar-refractivity contribution in [3.8, 4) is 16.9 Å². The summed E-state index contributed by atoms with van der Waals surface area (Å²) in [5, 5.41) is 17.3. The molecule has 0 radical (unpaired) electrons. The number of carbonyl (C=O) groups excluding carboxylic acids is 1. The van der Waals surface area contributed by atoms with Gasteiger partial charge in [0.2, 0.25) is 5.91 Å². The summed E-state index contributed by atoms with van der Waals surface area (Å²) >= 11 is 0. The van der Waals surface area contributed by atoms with Crippen molar-refractivity contribution in [3.05, 3.63) is 64.3 Å². The van der Waals surface area contributed by atoms with Gasteiger partial charge >= 0.3 is 0 Å². The molecule has 0 saturated heterocycles. The minimum absolute atomic E-state index is 0.00534. The first-order valence-electron chi connectivity index (χ1n) is 12.9. The second kappa shape index (κ2) is 16.6. The number of azide groups is 1. The van der Waals surface area contributed by atoms with Gasteiger partial charge in [-0.1, -0.05) is 43.2 Å². The van der Waals surface area contributed by atoms with E-state index in [4.69, 9.17) is 19.7 Å². The van der Waals surface area contributed by atoms with E-state index in [-0.39, 0.29) is 37.3 Å². The third-order valence-electron chi connectivity index (χ3n) is 6.14. The van der Waals surface area contributed by atoms with E-state index in [1.165, 1.54) is 12.1 Å². The molecule has 0 heterocycles. The zero-order chi connectivity index (χ0) is 27.9. The molecule has 2 aromatic carbocycles. The smallest absolute Gasteiger partial charge is 0.223 e. The number of methoxy groups -OCH3 is 1. The van der Waals surface area contributed by atoms with Gasteiger partial charge in [-0.25, -0.2) is 4.39 Å². The molecule has 0 spiro atoms. The van der Waals surface area contributed by atoms with E-state index in [0.717, 1.165) is 16.7 Å². The van der Waals surface area contributed by atoms with Crippen molar-refractivity contribution in [2.24, 2.45) is 17.0 Å². The number of amides is 1. The van der Waals surface area contributed by atoms with Crippen molar-refractivity contribution in [2.45, 2.75) is 52.4 Å². The molecular formula is C28H39FN4O5. The van der Waals surface area contributed by atoms with Crippen molar-refractivity contribution in [1.82, 2.24) is 5.32 Å². The predicted octanol–water partition coefficient (Wildman–Crippen LogP) is 5.26. The number of aliphatic hydroxyl groups excluding tert-OH is 1. The van der Waals surface area contributed by atoms with Crippen LogP contribution in [0.15, 0.2) is 47.6 Å². The molecule has 38 heavy (non-hydrogen) atoms. The summed E-state index contributed by atoms with van der Waals surface area (Å²) in [6.07, 6.45) is -0.177. The molecule has 2 rings (SSSR count). The number of benzene rings is 2. The Balaban J connectivity index is 2.10. The number of nitrogens with one attached hydrogen (secondary N) is 1. The molecule has 0 fully saturated rings. The maximum atomic E-state index is 13.4. The number of nitrogens with zero attached hydrogens (tertiary/aromatic N) is 3. The Kier molecular flexibility index (Phi) is 13.6.